The molecular weight excluding hydrogens is 609 g/mol. The monoisotopic (exact) mass is 640 g/mol. The van der Waals surface area contributed by atoms with Gasteiger partial charge in [-0.2, -0.15) is 0 Å². The van der Waals surface area contributed by atoms with Gasteiger partial charge in [0, 0.05) is 22.1 Å². The van der Waals surface area contributed by atoms with E-state index >= 15 is 0 Å². The largest absolute Gasteiger partial charge is 0.484 e. The molecule has 2 unspecified atom stereocenters. The van der Waals surface area contributed by atoms with Crippen LogP contribution in [0.25, 0.3) is 82.7 Å². The van der Waals surface area contributed by atoms with Gasteiger partial charge in [-0.3, -0.25) is 0 Å². The SMILES string of the molecule is C1=CC2Oc3c(-c4cccc(-c5c6ccccc6c(-c6cccc7ccccc67)c6ccccc56)c4)cc4c5c(oc4c3C2C=C1)C=CCC5. The minimum atomic E-state index is -0.0327. The zero-order valence-corrected chi connectivity index (χ0v) is 27.4. The maximum Gasteiger partial charge on any atom is 0.142 e. The van der Waals surface area contributed by atoms with Gasteiger partial charge in [0.15, 0.2) is 0 Å². The summed E-state index contributed by atoms with van der Waals surface area (Å²) in [5.74, 6) is 2.06. The maximum absolute atomic E-state index is 6.81. The summed E-state index contributed by atoms with van der Waals surface area (Å²) in [4.78, 5) is 0. The molecular formula is C48H32O2. The zero-order chi connectivity index (χ0) is 32.8. The number of rotatable bonds is 3. The number of allylic oxidation sites excluding steroid dienone is 3. The van der Waals surface area contributed by atoms with Crippen molar-refractivity contribution in [3.05, 3.63) is 169 Å². The van der Waals surface area contributed by atoms with E-state index in [0.29, 0.717) is 0 Å². The van der Waals surface area contributed by atoms with Crippen LogP contribution in [-0.4, -0.2) is 6.10 Å². The average molecular weight is 641 g/mol. The van der Waals surface area contributed by atoms with Crippen LogP contribution in [0.4, 0.5) is 0 Å². The molecule has 236 valence electrons. The lowest BCUT2D eigenvalue weighted by atomic mass is 9.84. The van der Waals surface area contributed by atoms with E-state index in [2.05, 4.69) is 158 Å². The Bertz CT molecular complexity index is 2740. The van der Waals surface area contributed by atoms with Gasteiger partial charge in [-0.1, -0.05) is 133 Å². The quantitative estimate of drug-likeness (QED) is 0.179. The highest BCUT2D eigenvalue weighted by Gasteiger charge is 2.38. The van der Waals surface area contributed by atoms with Crippen LogP contribution in [0.2, 0.25) is 0 Å². The van der Waals surface area contributed by atoms with Crippen molar-refractivity contribution < 1.29 is 9.15 Å². The third-order valence-corrected chi connectivity index (χ3v) is 11.1. The smallest absolute Gasteiger partial charge is 0.142 e. The molecule has 2 nitrogen and oxygen atoms in total. The third kappa shape index (κ3) is 3.96. The molecule has 0 bridgehead atoms. The van der Waals surface area contributed by atoms with Crippen LogP contribution in [-0.2, 0) is 6.42 Å². The van der Waals surface area contributed by atoms with Crippen LogP contribution < -0.4 is 4.74 Å². The second-order valence-electron chi connectivity index (χ2n) is 13.8. The van der Waals surface area contributed by atoms with E-state index < -0.39 is 0 Å². The molecule has 0 saturated carbocycles. The fraction of sp³-hybridized carbons (Fsp3) is 0.0833. The van der Waals surface area contributed by atoms with E-state index in [4.69, 9.17) is 9.15 Å². The first-order valence-electron chi connectivity index (χ1n) is 17.6. The normalized spacial score (nSPS) is 17.4. The van der Waals surface area contributed by atoms with Crippen LogP contribution in [0.1, 0.15) is 29.2 Å². The fourth-order valence-corrected chi connectivity index (χ4v) is 8.87. The number of furan rings is 1. The predicted octanol–water partition coefficient (Wildman–Crippen LogP) is 12.8. The van der Waals surface area contributed by atoms with Crippen molar-refractivity contribution in [1.29, 1.82) is 0 Å². The first-order chi connectivity index (χ1) is 24.8. The van der Waals surface area contributed by atoms with Crippen molar-refractivity contribution in [3.63, 3.8) is 0 Å². The minimum Gasteiger partial charge on any atom is -0.484 e. The molecule has 1 aromatic heterocycles. The highest BCUT2D eigenvalue weighted by atomic mass is 16.5. The molecule has 3 aliphatic rings. The molecule has 8 aromatic rings. The lowest BCUT2D eigenvalue weighted by Gasteiger charge is -2.19. The van der Waals surface area contributed by atoms with Crippen LogP contribution in [0.15, 0.2) is 156 Å². The van der Waals surface area contributed by atoms with Gasteiger partial charge in [0.25, 0.3) is 0 Å². The molecule has 0 N–H and O–H groups in total. The number of fused-ring (bicyclic) bond motifs is 10. The van der Waals surface area contributed by atoms with Gasteiger partial charge in [-0.15, -0.1) is 0 Å². The molecule has 2 atom stereocenters. The van der Waals surface area contributed by atoms with Crippen LogP contribution in [0.3, 0.4) is 0 Å². The topological polar surface area (TPSA) is 22.4 Å². The van der Waals surface area contributed by atoms with Crippen molar-refractivity contribution in [3.8, 4) is 39.1 Å². The first-order valence-corrected chi connectivity index (χ1v) is 17.6. The summed E-state index contributed by atoms with van der Waals surface area (Å²) in [6.07, 6.45) is 15.0. The Morgan fingerprint density at radius 2 is 1.24 bits per heavy atom. The van der Waals surface area contributed by atoms with E-state index in [0.717, 1.165) is 41.1 Å². The second kappa shape index (κ2) is 10.7. The minimum absolute atomic E-state index is 0.0327. The zero-order valence-electron chi connectivity index (χ0n) is 27.4. The Balaban J connectivity index is 1.17. The second-order valence-corrected chi connectivity index (χ2v) is 13.8. The molecule has 2 heterocycles. The summed E-state index contributed by atoms with van der Waals surface area (Å²) < 4.78 is 13.4. The van der Waals surface area contributed by atoms with Gasteiger partial charge in [-0.25, -0.2) is 0 Å². The molecule has 0 spiro atoms. The lowest BCUT2D eigenvalue weighted by molar-refractivity contribution is 0.270. The highest BCUT2D eigenvalue weighted by molar-refractivity contribution is 6.23. The molecule has 0 saturated heterocycles. The standard InChI is InChI=1S/C48H32O2/c1-2-17-32-29(13-1)14-12-24-34(32)45-37-21-5-3-19-35(37)44(36-20-4-6-22-38(36)45)31-16-11-15-30(27-31)40-28-41-33-18-7-9-25-42(33)49-48(41)46-39-23-8-10-26-43(39)50-47(40)46/h1-6,8-17,19-28,39,43H,7,18H2. The van der Waals surface area contributed by atoms with Crippen molar-refractivity contribution in [2.45, 2.75) is 24.9 Å². The van der Waals surface area contributed by atoms with Gasteiger partial charge >= 0.3 is 0 Å². The number of aryl methyl sites for hydroxylation is 1. The molecule has 0 radical (unpaired) electrons. The first kappa shape index (κ1) is 27.8. The molecule has 0 fully saturated rings. The lowest BCUT2D eigenvalue weighted by Crippen LogP contribution is -2.15. The summed E-state index contributed by atoms with van der Waals surface area (Å²) in [6, 6.07) is 44.7. The van der Waals surface area contributed by atoms with Gasteiger partial charge in [-0.05, 0) is 97.3 Å². The summed E-state index contributed by atoms with van der Waals surface area (Å²) in [5, 5.41) is 8.75. The Labute approximate surface area is 290 Å². The maximum atomic E-state index is 6.81. The molecule has 2 aliphatic carbocycles. The fourth-order valence-electron chi connectivity index (χ4n) is 8.87. The summed E-state index contributed by atoms with van der Waals surface area (Å²) in [5.41, 5.74) is 10.7. The summed E-state index contributed by atoms with van der Waals surface area (Å²) in [7, 11) is 0. The number of hydrogen-bond donors (Lipinski definition) is 0. The Hall–Kier alpha value is -6.12. The molecule has 2 heteroatoms. The highest BCUT2D eigenvalue weighted by Crippen LogP contribution is 2.53. The van der Waals surface area contributed by atoms with Crippen molar-refractivity contribution >= 4 is 49.4 Å². The van der Waals surface area contributed by atoms with E-state index in [9.17, 15) is 0 Å². The molecule has 0 amide bonds. The average Bonchev–Trinajstić information content (AvgIpc) is 3.75. The predicted molar refractivity (Wildman–Crippen MR) is 208 cm³/mol. The van der Waals surface area contributed by atoms with Crippen molar-refractivity contribution in [2.24, 2.45) is 0 Å². The molecule has 7 aromatic carbocycles. The van der Waals surface area contributed by atoms with Crippen LogP contribution in [0, 0.1) is 0 Å². The number of ether oxygens (including phenoxy) is 1. The molecule has 50 heavy (non-hydrogen) atoms. The summed E-state index contributed by atoms with van der Waals surface area (Å²) >= 11 is 0. The summed E-state index contributed by atoms with van der Waals surface area (Å²) in [6.45, 7) is 0. The third-order valence-electron chi connectivity index (χ3n) is 11.1. The number of hydrogen-bond acceptors (Lipinski definition) is 2. The van der Waals surface area contributed by atoms with Crippen LogP contribution in [0.5, 0.6) is 5.75 Å². The van der Waals surface area contributed by atoms with E-state index in [1.165, 1.54) is 71.1 Å². The molecule has 1 aliphatic heterocycles. The Kier molecular flexibility index (Phi) is 5.94. The van der Waals surface area contributed by atoms with Crippen LogP contribution >= 0.6 is 0 Å². The van der Waals surface area contributed by atoms with E-state index in [1.807, 2.05) is 0 Å². The van der Waals surface area contributed by atoms with E-state index in [1.54, 1.807) is 0 Å². The van der Waals surface area contributed by atoms with Gasteiger partial charge in [0.05, 0.1) is 5.92 Å². The van der Waals surface area contributed by atoms with Gasteiger partial charge in [0.1, 0.15) is 23.2 Å². The van der Waals surface area contributed by atoms with Crippen molar-refractivity contribution in [1.82, 2.24) is 0 Å². The molecule has 11 rings (SSSR count). The van der Waals surface area contributed by atoms with Gasteiger partial charge in [0.2, 0.25) is 0 Å². The van der Waals surface area contributed by atoms with Crippen molar-refractivity contribution in [2.75, 3.05) is 0 Å². The van der Waals surface area contributed by atoms with E-state index in [-0.39, 0.29) is 12.0 Å². The Morgan fingerprint density at radius 3 is 2.06 bits per heavy atom. The van der Waals surface area contributed by atoms with Gasteiger partial charge < -0.3 is 9.15 Å². The number of benzene rings is 7. The Morgan fingerprint density at radius 1 is 0.560 bits per heavy atom.